The molecule has 2 aromatic carbocycles. The molecule has 0 bridgehead atoms. The highest BCUT2D eigenvalue weighted by atomic mass is 35.5. The molecule has 1 aromatic heterocycles. The summed E-state index contributed by atoms with van der Waals surface area (Å²) >= 11 is 5.94. The minimum Gasteiger partial charge on any atom is -0.495 e. The van der Waals surface area contributed by atoms with Crippen molar-refractivity contribution in [1.29, 1.82) is 0 Å². The number of rotatable bonds is 4. The van der Waals surface area contributed by atoms with E-state index in [0.717, 1.165) is 0 Å². The van der Waals surface area contributed by atoms with E-state index in [0.29, 0.717) is 21.9 Å². The Balaban J connectivity index is 2.12. The van der Waals surface area contributed by atoms with Gasteiger partial charge < -0.3 is 9.15 Å². The largest absolute Gasteiger partial charge is 0.495 e. The zero-order chi connectivity index (χ0) is 18.4. The predicted molar refractivity (Wildman–Crippen MR) is 95.0 cm³/mol. The number of anilines is 1. The number of hydrogen-bond acceptors (Lipinski definition) is 5. The average Bonchev–Trinajstić information content (AvgIpc) is 2.81. The molecule has 7 nitrogen and oxygen atoms in total. The fourth-order valence-electron chi connectivity index (χ4n) is 2.51. The molecule has 9 heteroatoms. The standard InChI is InChI=1S/C16H15ClN2O5S/c1-9-6-12-14(24-16(20)19(12)2)8-15(9)25(21,22)18-11-7-10(17)4-5-13(11)23-3/h4-8,18H,1-3H3. The number of fused-ring (bicyclic) bond motifs is 1. The van der Waals surface area contributed by atoms with E-state index in [1.54, 1.807) is 32.2 Å². The van der Waals surface area contributed by atoms with Gasteiger partial charge in [-0.2, -0.15) is 0 Å². The van der Waals surface area contributed by atoms with Crippen LogP contribution < -0.4 is 15.2 Å². The monoisotopic (exact) mass is 382 g/mol. The molecule has 1 N–H and O–H groups in total. The number of aryl methyl sites for hydroxylation is 2. The first-order chi connectivity index (χ1) is 11.7. The first kappa shape index (κ1) is 17.4. The van der Waals surface area contributed by atoms with Crippen LogP contribution in [-0.2, 0) is 17.1 Å². The third-order valence-electron chi connectivity index (χ3n) is 3.78. The van der Waals surface area contributed by atoms with E-state index in [2.05, 4.69) is 4.72 Å². The summed E-state index contributed by atoms with van der Waals surface area (Å²) in [7, 11) is -0.968. The van der Waals surface area contributed by atoms with Crippen molar-refractivity contribution >= 4 is 38.4 Å². The molecule has 1 heterocycles. The van der Waals surface area contributed by atoms with Crippen LogP contribution >= 0.6 is 11.6 Å². The maximum absolute atomic E-state index is 12.8. The zero-order valence-corrected chi connectivity index (χ0v) is 15.2. The molecule has 0 radical (unpaired) electrons. The van der Waals surface area contributed by atoms with Gasteiger partial charge in [0.05, 0.1) is 23.2 Å². The molecule has 0 saturated heterocycles. The quantitative estimate of drug-likeness (QED) is 0.749. The summed E-state index contributed by atoms with van der Waals surface area (Å²) in [5.74, 6) is -0.230. The van der Waals surface area contributed by atoms with Crippen LogP contribution in [0.15, 0.2) is 44.4 Å². The smallest absolute Gasteiger partial charge is 0.419 e. The van der Waals surface area contributed by atoms with Gasteiger partial charge in [0.15, 0.2) is 5.58 Å². The molecular weight excluding hydrogens is 368 g/mol. The average molecular weight is 383 g/mol. The molecule has 0 aliphatic heterocycles. The Kier molecular flexibility index (Phi) is 4.26. The first-order valence-corrected chi connectivity index (χ1v) is 9.05. The minimum atomic E-state index is -3.95. The summed E-state index contributed by atoms with van der Waals surface area (Å²) in [6, 6.07) is 7.52. The van der Waals surface area contributed by atoms with Crippen molar-refractivity contribution < 1.29 is 17.6 Å². The van der Waals surface area contributed by atoms with Gasteiger partial charge in [0.25, 0.3) is 10.0 Å². The number of nitrogens with one attached hydrogen (secondary N) is 1. The number of aromatic nitrogens is 1. The van der Waals surface area contributed by atoms with Gasteiger partial charge in [-0.3, -0.25) is 9.29 Å². The molecular formula is C16H15ClN2O5S. The van der Waals surface area contributed by atoms with Crippen molar-refractivity contribution in [1.82, 2.24) is 4.57 Å². The van der Waals surface area contributed by atoms with Crippen LogP contribution in [0.3, 0.4) is 0 Å². The van der Waals surface area contributed by atoms with Crippen molar-refractivity contribution in [2.24, 2.45) is 7.05 Å². The van der Waals surface area contributed by atoms with Gasteiger partial charge in [0, 0.05) is 18.1 Å². The number of methoxy groups -OCH3 is 1. The number of ether oxygens (including phenoxy) is 1. The first-order valence-electron chi connectivity index (χ1n) is 7.19. The number of oxazole rings is 1. The molecule has 0 aliphatic carbocycles. The van der Waals surface area contributed by atoms with Gasteiger partial charge in [0.1, 0.15) is 5.75 Å². The highest BCUT2D eigenvalue weighted by Crippen LogP contribution is 2.31. The zero-order valence-electron chi connectivity index (χ0n) is 13.7. The number of hydrogen-bond donors (Lipinski definition) is 1. The maximum Gasteiger partial charge on any atom is 0.419 e. The third kappa shape index (κ3) is 3.10. The second kappa shape index (κ2) is 6.12. The Hall–Kier alpha value is -2.45. The fourth-order valence-corrected chi connectivity index (χ4v) is 3.98. The van der Waals surface area contributed by atoms with E-state index in [9.17, 15) is 13.2 Å². The topological polar surface area (TPSA) is 90.5 Å². The van der Waals surface area contributed by atoms with E-state index in [4.69, 9.17) is 20.8 Å². The Morgan fingerprint density at radius 3 is 2.64 bits per heavy atom. The molecule has 0 atom stereocenters. The lowest BCUT2D eigenvalue weighted by Gasteiger charge is -2.13. The van der Waals surface area contributed by atoms with Gasteiger partial charge in [-0.25, -0.2) is 13.2 Å². The molecule has 132 valence electrons. The Labute approximate surface area is 148 Å². The molecule has 3 aromatic rings. The van der Waals surface area contributed by atoms with E-state index in [1.807, 2.05) is 0 Å². The molecule has 0 saturated carbocycles. The Morgan fingerprint density at radius 2 is 1.96 bits per heavy atom. The molecule has 0 amide bonds. The summed E-state index contributed by atoms with van der Waals surface area (Å²) in [5.41, 5.74) is 1.39. The second-order valence-corrected chi connectivity index (χ2v) is 7.55. The number of halogens is 1. The van der Waals surface area contributed by atoms with E-state index in [1.165, 1.54) is 23.8 Å². The van der Waals surface area contributed by atoms with Crippen molar-refractivity contribution in [2.45, 2.75) is 11.8 Å². The van der Waals surface area contributed by atoms with E-state index < -0.39 is 15.8 Å². The fraction of sp³-hybridized carbons (Fsp3) is 0.188. The van der Waals surface area contributed by atoms with Gasteiger partial charge in [0.2, 0.25) is 0 Å². The summed E-state index contributed by atoms with van der Waals surface area (Å²) in [6.07, 6.45) is 0. The van der Waals surface area contributed by atoms with Crippen LogP contribution in [0.4, 0.5) is 5.69 Å². The lowest BCUT2D eigenvalue weighted by Crippen LogP contribution is -2.15. The van der Waals surface area contributed by atoms with Gasteiger partial charge in [-0.15, -0.1) is 0 Å². The normalized spacial score (nSPS) is 11.7. The molecule has 0 unspecified atom stereocenters. The van der Waals surface area contributed by atoms with Crippen LogP contribution in [0.25, 0.3) is 11.1 Å². The highest BCUT2D eigenvalue weighted by Gasteiger charge is 2.21. The summed E-state index contributed by atoms with van der Waals surface area (Å²) in [5, 5.41) is 0.361. The van der Waals surface area contributed by atoms with Gasteiger partial charge in [-0.1, -0.05) is 11.6 Å². The Bertz CT molecular complexity index is 1130. The molecule has 0 fully saturated rings. The summed E-state index contributed by atoms with van der Waals surface area (Å²) < 4.78 is 39.6. The number of nitrogens with zero attached hydrogens (tertiary/aromatic N) is 1. The van der Waals surface area contributed by atoms with Crippen LogP contribution in [0.5, 0.6) is 5.75 Å². The molecule has 25 heavy (non-hydrogen) atoms. The maximum atomic E-state index is 12.8. The molecule has 0 aliphatic rings. The lowest BCUT2D eigenvalue weighted by atomic mass is 10.2. The van der Waals surface area contributed by atoms with Gasteiger partial charge in [-0.05, 0) is 36.8 Å². The third-order valence-corrected chi connectivity index (χ3v) is 5.53. The summed E-state index contributed by atoms with van der Waals surface area (Å²) in [4.78, 5) is 11.6. The predicted octanol–water partition coefficient (Wildman–Crippen LogP) is 2.90. The number of sulfonamides is 1. The number of benzene rings is 2. The van der Waals surface area contributed by atoms with Crippen molar-refractivity contribution in [3.63, 3.8) is 0 Å². The summed E-state index contributed by atoms with van der Waals surface area (Å²) in [6.45, 7) is 1.64. The van der Waals surface area contributed by atoms with Gasteiger partial charge >= 0.3 is 5.76 Å². The van der Waals surface area contributed by atoms with Crippen LogP contribution in [0.2, 0.25) is 5.02 Å². The van der Waals surface area contributed by atoms with E-state index in [-0.39, 0.29) is 16.2 Å². The van der Waals surface area contributed by atoms with Crippen LogP contribution in [0, 0.1) is 6.92 Å². The molecule has 3 rings (SSSR count). The van der Waals surface area contributed by atoms with Crippen molar-refractivity contribution in [3.8, 4) is 5.75 Å². The Morgan fingerprint density at radius 1 is 1.24 bits per heavy atom. The second-order valence-electron chi connectivity index (χ2n) is 5.46. The van der Waals surface area contributed by atoms with Crippen LogP contribution in [-0.4, -0.2) is 20.1 Å². The van der Waals surface area contributed by atoms with Crippen molar-refractivity contribution in [2.75, 3.05) is 11.8 Å². The van der Waals surface area contributed by atoms with E-state index >= 15 is 0 Å². The molecule has 0 spiro atoms. The minimum absolute atomic E-state index is 0.00335. The van der Waals surface area contributed by atoms with Crippen LogP contribution in [0.1, 0.15) is 5.56 Å². The lowest BCUT2D eigenvalue weighted by molar-refractivity contribution is 0.417. The SMILES string of the molecule is COc1ccc(Cl)cc1NS(=O)(=O)c1cc2oc(=O)n(C)c2cc1C. The van der Waals surface area contributed by atoms with Crippen molar-refractivity contribution in [3.05, 3.63) is 51.5 Å². The highest BCUT2D eigenvalue weighted by molar-refractivity contribution is 7.92.